The summed E-state index contributed by atoms with van der Waals surface area (Å²) in [6, 6.07) is 17.1. The van der Waals surface area contributed by atoms with Gasteiger partial charge in [-0.05, 0) is 101 Å². The summed E-state index contributed by atoms with van der Waals surface area (Å²) in [5.74, 6) is 1.02. The Kier molecular flexibility index (Phi) is 9.22. The van der Waals surface area contributed by atoms with Crippen LogP contribution in [0.15, 0.2) is 64.5 Å². The van der Waals surface area contributed by atoms with Gasteiger partial charge in [0.1, 0.15) is 6.61 Å². The van der Waals surface area contributed by atoms with E-state index >= 15 is 0 Å². The number of nitrogens with one attached hydrogen (secondary N) is 1. The molecule has 1 aliphatic heterocycles. The van der Waals surface area contributed by atoms with Crippen molar-refractivity contribution in [2.45, 2.75) is 26.9 Å². The fourth-order valence-corrected chi connectivity index (χ4v) is 5.50. The number of hydrogen-bond acceptors (Lipinski definition) is 5. The van der Waals surface area contributed by atoms with Crippen LogP contribution in [0.1, 0.15) is 30.5 Å². The van der Waals surface area contributed by atoms with Crippen LogP contribution in [-0.2, 0) is 17.8 Å². The lowest BCUT2D eigenvalue weighted by Crippen LogP contribution is -2.19. The van der Waals surface area contributed by atoms with Crippen LogP contribution in [0.2, 0.25) is 10.0 Å². The van der Waals surface area contributed by atoms with E-state index in [1.807, 2.05) is 55.5 Å². The molecule has 9 heteroatoms. The molecule has 0 aliphatic carbocycles. The Morgan fingerprint density at radius 3 is 2.53 bits per heavy atom. The van der Waals surface area contributed by atoms with Crippen molar-refractivity contribution in [2.75, 3.05) is 6.61 Å². The summed E-state index contributed by atoms with van der Waals surface area (Å²) in [5, 5.41) is 4.50. The number of carbonyl (C=O) groups excluding carboxylic acids is 1. The molecule has 186 valence electrons. The quantitative estimate of drug-likeness (QED) is 0.198. The van der Waals surface area contributed by atoms with Crippen molar-refractivity contribution in [3.05, 3.63) is 89.8 Å². The number of benzene rings is 3. The Morgan fingerprint density at radius 1 is 1.06 bits per heavy atom. The Morgan fingerprint density at radius 2 is 1.83 bits per heavy atom. The van der Waals surface area contributed by atoms with Gasteiger partial charge in [0.05, 0.1) is 20.8 Å². The molecular formula is C27H23Cl2IN2O3S. The van der Waals surface area contributed by atoms with Crippen molar-refractivity contribution in [2.24, 2.45) is 4.99 Å². The van der Waals surface area contributed by atoms with E-state index in [4.69, 9.17) is 32.7 Å². The molecule has 0 atom stereocenters. The van der Waals surface area contributed by atoms with E-state index in [-0.39, 0.29) is 12.5 Å². The zero-order chi connectivity index (χ0) is 25.7. The lowest BCUT2D eigenvalue weighted by atomic mass is 10.1. The molecule has 1 fully saturated rings. The first-order chi connectivity index (χ1) is 17.4. The van der Waals surface area contributed by atoms with Crippen LogP contribution in [0.4, 0.5) is 5.69 Å². The predicted molar refractivity (Wildman–Crippen MR) is 158 cm³/mol. The third-order valence-corrected chi connectivity index (χ3v) is 7.54. The second-order valence-electron chi connectivity index (χ2n) is 7.79. The summed E-state index contributed by atoms with van der Waals surface area (Å²) in [7, 11) is 0. The first-order valence-corrected chi connectivity index (χ1v) is 13.9. The van der Waals surface area contributed by atoms with Crippen LogP contribution in [0.5, 0.6) is 11.5 Å². The van der Waals surface area contributed by atoms with Crippen LogP contribution >= 0.6 is 57.6 Å². The number of thioether (sulfide) groups is 1. The maximum Gasteiger partial charge on any atom is 0.264 e. The number of nitrogens with zero attached hydrogens (tertiary/aromatic N) is 1. The minimum absolute atomic E-state index is 0.186. The van der Waals surface area contributed by atoms with Crippen molar-refractivity contribution in [3.63, 3.8) is 0 Å². The average Bonchev–Trinajstić information content (AvgIpc) is 3.18. The fourth-order valence-electron chi connectivity index (χ4n) is 3.42. The zero-order valence-electron chi connectivity index (χ0n) is 19.6. The fraction of sp³-hybridized carbons (Fsp3) is 0.185. The van der Waals surface area contributed by atoms with E-state index in [1.54, 1.807) is 12.1 Å². The van der Waals surface area contributed by atoms with E-state index in [9.17, 15) is 4.79 Å². The maximum atomic E-state index is 12.6. The van der Waals surface area contributed by atoms with Gasteiger partial charge in [-0.25, -0.2) is 4.99 Å². The van der Waals surface area contributed by atoms with Crippen LogP contribution in [0, 0.1) is 3.57 Å². The Labute approximate surface area is 238 Å². The lowest BCUT2D eigenvalue weighted by molar-refractivity contribution is -0.115. The first-order valence-electron chi connectivity index (χ1n) is 11.3. The number of aryl methyl sites for hydroxylation is 1. The van der Waals surface area contributed by atoms with Gasteiger partial charge in [0, 0.05) is 15.6 Å². The topological polar surface area (TPSA) is 59.9 Å². The number of hydrogen-bond donors (Lipinski definition) is 1. The van der Waals surface area contributed by atoms with Crippen LogP contribution < -0.4 is 14.8 Å². The standard InChI is InChI=1S/C27H23Cl2IN2O3S/c1-3-16-5-9-20(10-6-16)31-27-32-26(33)24(36-27)13-17-11-22(30)25(23(12-17)34-4-2)35-15-18-7-8-19(28)14-21(18)29/h5-14H,3-4,15H2,1-2H3,(H,31,32,33)/b24-13-. The SMILES string of the molecule is CCOc1cc(/C=C2\SC(=Nc3ccc(CC)cc3)NC2=O)cc(I)c1OCc1ccc(Cl)cc1Cl. The van der Waals surface area contributed by atoms with Crippen molar-refractivity contribution in [1.29, 1.82) is 0 Å². The molecule has 4 rings (SSSR count). The van der Waals surface area contributed by atoms with Crippen molar-refractivity contribution in [3.8, 4) is 11.5 Å². The second kappa shape index (κ2) is 12.4. The van der Waals surface area contributed by atoms with Gasteiger partial charge in [0.25, 0.3) is 5.91 Å². The summed E-state index contributed by atoms with van der Waals surface area (Å²) < 4.78 is 12.8. The largest absolute Gasteiger partial charge is 0.490 e. The number of ether oxygens (including phenoxy) is 2. The Balaban J connectivity index is 1.54. The molecule has 0 radical (unpaired) electrons. The number of amides is 1. The second-order valence-corrected chi connectivity index (χ2v) is 10.8. The number of rotatable bonds is 8. The molecule has 3 aromatic rings. The third-order valence-electron chi connectivity index (χ3n) is 5.24. The number of amidine groups is 1. The minimum atomic E-state index is -0.186. The molecule has 1 saturated heterocycles. The summed E-state index contributed by atoms with van der Waals surface area (Å²) in [6.45, 7) is 4.76. The summed E-state index contributed by atoms with van der Waals surface area (Å²) in [6.07, 6.45) is 2.80. The van der Waals surface area contributed by atoms with Gasteiger partial charge < -0.3 is 14.8 Å². The zero-order valence-corrected chi connectivity index (χ0v) is 24.1. The van der Waals surface area contributed by atoms with Crippen LogP contribution in [-0.4, -0.2) is 17.7 Å². The van der Waals surface area contributed by atoms with Gasteiger partial charge in [0.15, 0.2) is 16.7 Å². The highest BCUT2D eigenvalue weighted by molar-refractivity contribution is 14.1. The van der Waals surface area contributed by atoms with Crippen molar-refractivity contribution in [1.82, 2.24) is 5.32 Å². The molecule has 5 nitrogen and oxygen atoms in total. The van der Waals surface area contributed by atoms with Crippen LogP contribution in [0.3, 0.4) is 0 Å². The molecule has 3 aromatic carbocycles. The molecule has 1 heterocycles. The molecule has 36 heavy (non-hydrogen) atoms. The molecule has 0 aromatic heterocycles. The molecule has 0 unspecified atom stereocenters. The first kappa shape index (κ1) is 26.9. The van der Waals surface area contributed by atoms with Gasteiger partial charge in [0.2, 0.25) is 0 Å². The molecule has 0 bridgehead atoms. The van der Waals surface area contributed by atoms with E-state index in [0.29, 0.717) is 38.2 Å². The Bertz CT molecular complexity index is 1340. The molecule has 1 N–H and O–H groups in total. The third kappa shape index (κ3) is 6.76. The highest BCUT2D eigenvalue weighted by Gasteiger charge is 2.24. The number of halogens is 3. The molecule has 0 saturated carbocycles. The van der Waals surface area contributed by atoms with E-state index < -0.39 is 0 Å². The predicted octanol–water partition coefficient (Wildman–Crippen LogP) is 8.03. The van der Waals surface area contributed by atoms with E-state index in [1.165, 1.54) is 17.3 Å². The van der Waals surface area contributed by atoms with Gasteiger partial charge in [-0.1, -0.05) is 48.3 Å². The van der Waals surface area contributed by atoms with Gasteiger partial charge in [-0.2, -0.15) is 0 Å². The summed E-state index contributed by atoms with van der Waals surface area (Å²) in [5.41, 5.74) is 3.68. The van der Waals surface area contributed by atoms with E-state index in [0.717, 1.165) is 26.8 Å². The minimum Gasteiger partial charge on any atom is -0.490 e. The maximum absolute atomic E-state index is 12.6. The van der Waals surface area contributed by atoms with Crippen molar-refractivity contribution < 1.29 is 14.3 Å². The highest BCUT2D eigenvalue weighted by Crippen LogP contribution is 2.37. The summed E-state index contributed by atoms with van der Waals surface area (Å²) >= 11 is 15.8. The summed E-state index contributed by atoms with van der Waals surface area (Å²) in [4.78, 5) is 17.7. The van der Waals surface area contributed by atoms with Gasteiger partial charge >= 0.3 is 0 Å². The molecule has 1 amide bonds. The Hall–Kier alpha value is -2.20. The monoisotopic (exact) mass is 652 g/mol. The average molecular weight is 653 g/mol. The number of aliphatic imine (C=N–C) groups is 1. The normalized spacial score (nSPS) is 15.4. The van der Waals surface area contributed by atoms with Crippen molar-refractivity contribution >= 4 is 80.4 Å². The smallest absolute Gasteiger partial charge is 0.264 e. The lowest BCUT2D eigenvalue weighted by Gasteiger charge is -2.15. The van der Waals surface area contributed by atoms with Gasteiger partial charge in [-0.3, -0.25) is 4.79 Å². The highest BCUT2D eigenvalue weighted by atomic mass is 127. The van der Waals surface area contributed by atoms with Gasteiger partial charge in [-0.15, -0.1) is 0 Å². The van der Waals surface area contributed by atoms with E-state index in [2.05, 4.69) is 39.8 Å². The molecule has 1 aliphatic rings. The number of carbonyl (C=O) groups is 1. The molecular weight excluding hydrogens is 630 g/mol. The molecule has 0 spiro atoms. The van der Waals surface area contributed by atoms with Crippen LogP contribution in [0.25, 0.3) is 6.08 Å².